The van der Waals surface area contributed by atoms with Gasteiger partial charge >= 0.3 is 0 Å². The molecule has 0 bridgehead atoms. The van der Waals surface area contributed by atoms with Gasteiger partial charge in [-0.1, -0.05) is 39.8 Å². The molecule has 0 radical (unpaired) electrons. The predicted molar refractivity (Wildman–Crippen MR) is 83.2 cm³/mol. The van der Waals surface area contributed by atoms with Crippen LogP contribution in [-0.2, 0) is 11.8 Å². The van der Waals surface area contributed by atoms with E-state index < -0.39 is 0 Å². The highest BCUT2D eigenvalue weighted by Crippen LogP contribution is 2.32. The predicted octanol–water partition coefficient (Wildman–Crippen LogP) is 3.92. The number of hydrogen-bond acceptors (Lipinski definition) is 2. The topological polar surface area (TPSA) is 21.3 Å². The highest BCUT2D eigenvalue weighted by molar-refractivity contribution is 5.41. The maximum atomic E-state index is 6.00. The average molecular weight is 263 g/mol. The number of nitrogens with one attached hydrogen (secondary N) is 1. The van der Waals surface area contributed by atoms with Crippen LogP contribution in [0.5, 0.6) is 5.75 Å². The monoisotopic (exact) mass is 263 g/mol. The summed E-state index contributed by atoms with van der Waals surface area (Å²) in [6, 6.07) is 7.08. The van der Waals surface area contributed by atoms with Gasteiger partial charge < -0.3 is 10.1 Å². The van der Waals surface area contributed by atoms with Crippen molar-refractivity contribution in [2.24, 2.45) is 0 Å². The number of benzene rings is 1. The van der Waals surface area contributed by atoms with Gasteiger partial charge in [-0.15, -0.1) is 0 Å². The van der Waals surface area contributed by atoms with Crippen molar-refractivity contribution in [2.45, 2.75) is 58.9 Å². The summed E-state index contributed by atoms with van der Waals surface area (Å²) >= 11 is 0. The lowest BCUT2D eigenvalue weighted by atomic mass is 9.85. The first kappa shape index (κ1) is 16.0. The molecule has 0 fully saturated rings. The van der Waals surface area contributed by atoms with Crippen molar-refractivity contribution in [1.82, 2.24) is 5.32 Å². The Morgan fingerprint density at radius 3 is 2.47 bits per heavy atom. The number of aryl methyl sites for hydroxylation is 1. The lowest BCUT2D eigenvalue weighted by Crippen LogP contribution is -2.23. The van der Waals surface area contributed by atoms with E-state index in [0.29, 0.717) is 6.04 Å². The van der Waals surface area contributed by atoms with Crippen LogP contribution in [0.15, 0.2) is 18.2 Å². The summed E-state index contributed by atoms with van der Waals surface area (Å²) in [6.07, 6.45) is 2.09. The zero-order valence-electron chi connectivity index (χ0n) is 13.3. The molecular weight excluding hydrogens is 234 g/mol. The summed E-state index contributed by atoms with van der Waals surface area (Å²) in [5.41, 5.74) is 2.81. The van der Waals surface area contributed by atoms with Crippen LogP contribution in [0.3, 0.4) is 0 Å². The van der Waals surface area contributed by atoms with E-state index in [4.69, 9.17) is 4.74 Å². The fraction of sp³-hybridized carbons (Fsp3) is 0.647. The summed E-state index contributed by atoms with van der Waals surface area (Å²) in [4.78, 5) is 0. The fourth-order valence-electron chi connectivity index (χ4n) is 2.00. The van der Waals surface area contributed by atoms with Crippen LogP contribution in [0.25, 0.3) is 0 Å². The minimum atomic E-state index is 0.120. The second-order valence-corrected chi connectivity index (χ2v) is 6.26. The molecule has 2 nitrogen and oxygen atoms in total. The van der Waals surface area contributed by atoms with Crippen LogP contribution in [0.2, 0.25) is 0 Å². The third kappa shape index (κ3) is 4.87. The van der Waals surface area contributed by atoms with Crippen LogP contribution < -0.4 is 10.1 Å². The molecular formula is C17H29NO. The molecule has 1 rings (SSSR count). The first-order valence-electron chi connectivity index (χ1n) is 7.32. The van der Waals surface area contributed by atoms with Gasteiger partial charge in [-0.3, -0.25) is 0 Å². The molecule has 19 heavy (non-hydrogen) atoms. The Morgan fingerprint density at radius 2 is 1.95 bits per heavy atom. The zero-order chi connectivity index (χ0) is 14.5. The van der Waals surface area contributed by atoms with Crippen molar-refractivity contribution < 1.29 is 4.74 Å². The van der Waals surface area contributed by atoms with E-state index in [0.717, 1.165) is 25.2 Å². The Morgan fingerprint density at radius 1 is 1.26 bits per heavy atom. The summed E-state index contributed by atoms with van der Waals surface area (Å²) in [6.45, 7) is 11.8. The maximum Gasteiger partial charge on any atom is 0.123 e. The molecule has 0 aliphatic rings. The molecule has 1 atom stereocenters. The van der Waals surface area contributed by atoms with Gasteiger partial charge in [-0.2, -0.15) is 0 Å². The van der Waals surface area contributed by atoms with Gasteiger partial charge in [0.1, 0.15) is 5.75 Å². The standard InChI is InChI=1S/C17H29NO/c1-7-14-8-9-16(15(12-14)17(3,4)5)19-11-10-13(2)18-6/h8-9,12-13,18H,7,10-11H2,1-6H3. The molecule has 0 aliphatic carbocycles. The van der Waals surface area contributed by atoms with Crippen molar-refractivity contribution in [3.63, 3.8) is 0 Å². The smallest absolute Gasteiger partial charge is 0.123 e. The van der Waals surface area contributed by atoms with E-state index in [-0.39, 0.29) is 5.41 Å². The van der Waals surface area contributed by atoms with Crippen LogP contribution in [-0.4, -0.2) is 19.7 Å². The largest absolute Gasteiger partial charge is 0.493 e. The normalized spacial score (nSPS) is 13.4. The molecule has 108 valence electrons. The lowest BCUT2D eigenvalue weighted by Gasteiger charge is -2.24. The summed E-state index contributed by atoms with van der Waals surface area (Å²) < 4.78 is 6.00. The van der Waals surface area contributed by atoms with E-state index in [1.54, 1.807) is 0 Å². The van der Waals surface area contributed by atoms with Crippen LogP contribution in [0, 0.1) is 0 Å². The highest BCUT2D eigenvalue weighted by Gasteiger charge is 2.19. The molecule has 1 aromatic rings. The number of hydrogen-bond donors (Lipinski definition) is 1. The van der Waals surface area contributed by atoms with Gasteiger partial charge in [0.05, 0.1) is 6.61 Å². The molecule has 2 heteroatoms. The van der Waals surface area contributed by atoms with E-state index >= 15 is 0 Å². The molecule has 0 saturated heterocycles. The minimum absolute atomic E-state index is 0.120. The SMILES string of the molecule is CCc1ccc(OCCC(C)NC)c(C(C)(C)C)c1. The van der Waals surface area contributed by atoms with Crippen LogP contribution in [0.4, 0.5) is 0 Å². The van der Waals surface area contributed by atoms with Crippen LogP contribution >= 0.6 is 0 Å². The summed E-state index contributed by atoms with van der Waals surface area (Å²) in [7, 11) is 1.99. The first-order valence-corrected chi connectivity index (χ1v) is 7.32. The molecule has 1 N–H and O–H groups in total. The van der Waals surface area contributed by atoms with Crippen molar-refractivity contribution in [1.29, 1.82) is 0 Å². The maximum absolute atomic E-state index is 6.00. The number of ether oxygens (including phenoxy) is 1. The average Bonchev–Trinajstić information content (AvgIpc) is 2.37. The van der Waals surface area contributed by atoms with E-state index in [1.165, 1.54) is 11.1 Å². The highest BCUT2D eigenvalue weighted by atomic mass is 16.5. The fourth-order valence-corrected chi connectivity index (χ4v) is 2.00. The molecule has 0 heterocycles. The van der Waals surface area contributed by atoms with E-state index in [1.807, 2.05) is 7.05 Å². The van der Waals surface area contributed by atoms with Gasteiger partial charge in [0.15, 0.2) is 0 Å². The molecule has 0 saturated carbocycles. The van der Waals surface area contributed by atoms with E-state index in [9.17, 15) is 0 Å². The van der Waals surface area contributed by atoms with Crippen molar-refractivity contribution in [3.8, 4) is 5.75 Å². The molecule has 0 amide bonds. The summed E-state index contributed by atoms with van der Waals surface area (Å²) in [5, 5.41) is 3.23. The van der Waals surface area contributed by atoms with Gasteiger partial charge in [0, 0.05) is 6.04 Å². The molecule has 1 aromatic carbocycles. The lowest BCUT2D eigenvalue weighted by molar-refractivity contribution is 0.286. The zero-order valence-corrected chi connectivity index (χ0v) is 13.3. The quantitative estimate of drug-likeness (QED) is 0.840. The van der Waals surface area contributed by atoms with Crippen molar-refractivity contribution in [3.05, 3.63) is 29.3 Å². The Bertz CT molecular complexity index is 393. The summed E-state index contributed by atoms with van der Waals surface area (Å²) in [5.74, 6) is 1.04. The Hall–Kier alpha value is -1.02. The third-order valence-corrected chi connectivity index (χ3v) is 3.56. The Kier molecular flexibility index (Phi) is 5.86. The van der Waals surface area contributed by atoms with Gasteiger partial charge in [-0.05, 0) is 49.4 Å². The Labute approximate surface area is 118 Å². The van der Waals surface area contributed by atoms with Crippen molar-refractivity contribution >= 4 is 0 Å². The first-order chi connectivity index (χ1) is 8.88. The second-order valence-electron chi connectivity index (χ2n) is 6.26. The van der Waals surface area contributed by atoms with Gasteiger partial charge in [-0.25, -0.2) is 0 Å². The van der Waals surface area contributed by atoms with E-state index in [2.05, 4.69) is 58.1 Å². The van der Waals surface area contributed by atoms with Crippen molar-refractivity contribution in [2.75, 3.05) is 13.7 Å². The molecule has 0 aliphatic heterocycles. The minimum Gasteiger partial charge on any atom is -0.493 e. The molecule has 0 spiro atoms. The molecule has 1 unspecified atom stereocenters. The van der Waals surface area contributed by atoms with Gasteiger partial charge in [0.2, 0.25) is 0 Å². The number of rotatable bonds is 6. The Balaban J connectivity index is 2.82. The third-order valence-electron chi connectivity index (χ3n) is 3.56. The molecule has 0 aromatic heterocycles. The van der Waals surface area contributed by atoms with Crippen LogP contribution in [0.1, 0.15) is 52.2 Å². The second kappa shape index (κ2) is 6.95. The van der Waals surface area contributed by atoms with Gasteiger partial charge in [0.25, 0.3) is 0 Å².